The zero-order valence-electron chi connectivity index (χ0n) is 26.2. The van der Waals surface area contributed by atoms with Gasteiger partial charge in [-0.15, -0.1) is 0 Å². The van der Waals surface area contributed by atoms with Crippen molar-refractivity contribution in [3.8, 4) is 17.2 Å². The molecule has 1 aliphatic carbocycles. The summed E-state index contributed by atoms with van der Waals surface area (Å²) in [5.74, 6) is -2.18. The number of phenolic OH excluding ortho intramolecular Hbond substituents is 2. The van der Waals surface area contributed by atoms with Gasteiger partial charge in [0.2, 0.25) is 5.78 Å². The Kier molecular flexibility index (Phi) is 16.1. The molecule has 4 atom stereocenters. The largest absolute Gasteiger partial charge is 0.507 e. The van der Waals surface area contributed by atoms with E-state index in [0.29, 0.717) is 18.4 Å². The smallest absolute Gasteiger partial charge is 0.201 e. The van der Waals surface area contributed by atoms with Crippen LogP contribution in [0.4, 0.5) is 0 Å². The number of benzene rings is 2. The van der Waals surface area contributed by atoms with Crippen LogP contribution in [0.25, 0.3) is 0 Å². The minimum atomic E-state index is -1.27. The number of phenols is 2. The van der Waals surface area contributed by atoms with Crippen molar-refractivity contribution in [2.45, 2.75) is 71.6 Å². The van der Waals surface area contributed by atoms with E-state index in [1.165, 1.54) is 33.3 Å². The molecule has 0 saturated carbocycles. The number of aldehydes is 1. The monoisotopic (exact) mass is 605 g/mol. The fraction of sp³-hybridized carbons (Fsp3) is 0.531. The van der Waals surface area contributed by atoms with Crippen molar-refractivity contribution in [3.63, 3.8) is 0 Å². The van der Waals surface area contributed by atoms with Gasteiger partial charge in [-0.05, 0) is 45.6 Å². The molecule has 6 N–H and O–H groups in total. The lowest BCUT2D eigenvalue weighted by Crippen LogP contribution is -2.32. The maximum atomic E-state index is 13.4. The second-order valence-corrected chi connectivity index (χ2v) is 9.98. The lowest BCUT2D eigenvalue weighted by atomic mass is 9.76. The summed E-state index contributed by atoms with van der Waals surface area (Å²) in [5, 5.41) is 39.5. The Morgan fingerprint density at radius 2 is 1.74 bits per heavy atom. The maximum Gasteiger partial charge on any atom is 0.201 e. The summed E-state index contributed by atoms with van der Waals surface area (Å²) in [6.07, 6.45) is 1.80. The summed E-state index contributed by atoms with van der Waals surface area (Å²) < 4.78 is 15.4. The highest BCUT2D eigenvalue weighted by Gasteiger charge is 2.37. The summed E-state index contributed by atoms with van der Waals surface area (Å²) in [4.78, 5) is 37.1. The molecule has 2 aliphatic rings. The van der Waals surface area contributed by atoms with Crippen molar-refractivity contribution in [1.82, 2.24) is 0 Å². The second-order valence-electron chi connectivity index (χ2n) is 9.98. The molecule has 0 aromatic heterocycles. The number of aromatic hydroxyl groups is 2. The Labute approximate surface area is 253 Å². The number of methoxy groups -OCH3 is 2. The van der Waals surface area contributed by atoms with E-state index in [2.05, 4.69) is 6.92 Å². The third-order valence-electron chi connectivity index (χ3n) is 7.25. The maximum absolute atomic E-state index is 13.4. The molecule has 0 radical (unpaired) electrons. The van der Waals surface area contributed by atoms with Gasteiger partial charge in [0.25, 0.3) is 0 Å². The third kappa shape index (κ3) is 9.07. The highest BCUT2D eigenvalue weighted by molar-refractivity contribution is 6.17. The SMILES string of the molecule is CC.CC1CC(N)CCO1.CO.COCC(=O)C1Cc2c(O)c(C)c(C(=O)c3c(C=O)cccc3OC)c(O)c2[C@@H](O)C1. The van der Waals surface area contributed by atoms with Crippen molar-refractivity contribution >= 4 is 17.9 Å². The molecule has 11 heteroatoms. The zero-order valence-corrected chi connectivity index (χ0v) is 26.2. The number of ketones is 2. The standard InChI is InChI=1S/C23H24O8.C6H13NO.C2H6.CH4O/c1-11-18(22(28)19-12(9-24)5-4-6-17(19)31-3)23(29)20-14(21(11)27)7-13(8-15(20)25)16(26)10-30-2;1-5-4-6(7)2-3-8-5;2*1-2/h4-6,9,13,15,25,27,29H,7-8,10H2,1-3H3;5-6H,2-4,7H2,1H3;1-2H3;2H,1H3/t13?,15-;;;/m0.../s1. The molecular weight excluding hydrogens is 558 g/mol. The van der Waals surface area contributed by atoms with Crippen LogP contribution in [0.5, 0.6) is 17.2 Å². The minimum Gasteiger partial charge on any atom is -0.507 e. The Hall–Kier alpha value is -3.35. The van der Waals surface area contributed by atoms with E-state index in [-0.39, 0.29) is 70.1 Å². The predicted octanol–water partition coefficient (Wildman–Crippen LogP) is 3.42. The zero-order chi connectivity index (χ0) is 32.9. The van der Waals surface area contributed by atoms with E-state index < -0.39 is 23.6 Å². The summed E-state index contributed by atoms with van der Waals surface area (Å²) >= 11 is 0. The topological polar surface area (TPSA) is 186 Å². The van der Waals surface area contributed by atoms with Crippen LogP contribution in [0.2, 0.25) is 0 Å². The third-order valence-corrected chi connectivity index (χ3v) is 7.25. The van der Waals surface area contributed by atoms with Crippen LogP contribution in [0.3, 0.4) is 0 Å². The van der Waals surface area contributed by atoms with Gasteiger partial charge in [-0.3, -0.25) is 14.4 Å². The average Bonchev–Trinajstić information content (AvgIpc) is 3.01. The number of carbonyl (C=O) groups is 3. The molecule has 4 rings (SSSR count). The molecule has 2 aromatic carbocycles. The lowest BCUT2D eigenvalue weighted by Gasteiger charge is -2.30. The van der Waals surface area contributed by atoms with E-state index in [4.69, 9.17) is 25.1 Å². The van der Waals surface area contributed by atoms with E-state index >= 15 is 0 Å². The normalized spacial score (nSPS) is 20.4. The van der Waals surface area contributed by atoms with Crippen LogP contribution in [-0.2, 0) is 20.7 Å². The van der Waals surface area contributed by atoms with Crippen molar-refractivity contribution < 1.29 is 49.0 Å². The lowest BCUT2D eigenvalue weighted by molar-refractivity contribution is -0.128. The van der Waals surface area contributed by atoms with Gasteiger partial charge in [0.1, 0.15) is 23.9 Å². The van der Waals surface area contributed by atoms with E-state index in [0.717, 1.165) is 26.6 Å². The van der Waals surface area contributed by atoms with Crippen LogP contribution < -0.4 is 10.5 Å². The van der Waals surface area contributed by atoms with Crippen molar-refractivity contribution in [1.29, 1.82) is 0 Å². The molecule has 1 fully saturated rings. The molecule has 0 bridgehead atoms. The van der Waals surface area contributed by atoms with Crippen molar-refractivity contribution in [2.24, 2.45) is 11.7 Å². The molecule has 240 valence electrons. The van der Waals surface area contributed by atoms with Crippen LogP contribution in [0.15, 0.2) is 18.2 Å². The number of carbonyl (C=O) groups excluding carboxylic acids is 3. The number of ether oxygens (including phenoxy) is 3. The second kappa shape index (κ2) is 18.3. The van der Waals surface area contributed by atoms with Crippen LogP contribution in [-0.4, -0.2) is 85.0 Å². The van der Waals surface area contributed by atoms with Crippen LogP contribution in [0, 0.1) is 12.8 Å². The first-order valence-corrected chi connectivity index (χ1v) is 14.3. The minimum absolute atomic E-state index is 0.00969. The number of fused-ring (bicyclic) bond motifs is 1. The number of nitrogens with two attached hydrogens (primary N) is 1. The van der Waals surface area contributed by atoms with E-state index in [1.54, 1.807) is 6.07 Å². The number of hydrogen-bond donors (Lipinski definition) is 5. The molecule has 0 spiro atoms. The number of rotatable bonds is 7. The van der Waals surface area contributed by atoms with Crippen molar-refractivity contribution in [2.75, 3.05) is 34.5 Å². The number of aliphatic hydroxyl groups excluding tert-OH is 2. The van der Waals surface area contributed by atoms with Gasteiger partial charge >= 0.3 is 0 Å². The first-order chi connectivity index (χ1) is 20.5. The van der Waals surface area contributed by atoms with Crippen molar-refractivity contribution in [3.05, 3.63) is 51.6 Å². The Morgan fingerprint density at radius 1 is 1.09 bits per heavy atom. The Bertz CT molecular complexity index is 1220. The van der Waals surface area contributed by atoms with Gasteiger partial charge < -0.3 is 40.4 Å². The summed E-state index contributed by atoms with van der Waals surface area (Å²) in [6, 6.07) is 4.89. The molecule has 2 aromatic rings. The molecule has 0 amide bonds. The molecular formula is C32H47NO10. The first-order valence-electron chi connectivity index (χ1n) is 14.3. The predicted molar refractivity (Wildman–Crippen MR) is 162 cm³/mol. The first kappa shape index (κ1) is 37.7. The fourth-order valence-corrected chi connectivity index (χ4v) is 5.21. The fourth-order valence-electron chi connectivity index (χ4n) is 5.21. The summed E-state index contributed by atoms with van der Waals surface area (Å²) in [6.45, 7) is 8.24. The van der Waals surface area contributed by atoms with Gasteiger partial charge in [0, 0.05) is 55.0 Å². The van der Waals surface area contributed by atoms with E-state index in [1.807, 2.05) is 13.8 Å². The van der Waals surface area contributed by atoms with Gasteiger partial charge in [0.15, 0.2) is 12.1 Å². The van der Waals surface area contributed by atoms with Gasteiger partial charge in [-0.1, -0.05) is 26.0 Å². The number of hydrogen-bond acceptors (Lipinski definition) is 11. The number of Topliss-reactive ketones (excluding diaryl/α,β-unsaturated/α-hetero) is 1. The van der Waals surface area contributed by atoms with Crippen LogP contribution in [0.1, 0.15) is 89.1 Å². The summed E-state index contributed by atoms with van der Waals surface area (Å²) in [5.41, 5.74) is 5.72. The number of aliphatic hydroxyl groups is 2. The molecule has 1 heterocycles. The van der Waals surface area contributed by atoms with Gasteiger partial charge in [0.05, 0.1) is 30.4 Å². The van der Waals surface area contributed by atoms with E-state index in [9.17, 15) is 29.7 Å². The van der Waals surface area contributed by atoms with Crippen LogP contribution >= 0.6 is 0 Å². The quantitative estimate of drug-likeness (QED) is 0.177. The molecule has 1 saturated heterocycles. The highest BCUT2D eigenvalue weighted by Crippen LogP contribution is 2.47. The average molecular weight is 606 g/mol. The molecule has 11 nitrogen and oxygen atoms in total. The summed E-state index contributed by atoms with van der Waals surface area (Å²) in [7, 11) is 3.74. The molecule has 43 heavy (non-hydrogen) atoms. The van der Waals surface area contributed by atoms with Gasteiger partial charge in [-0.25, -0.2) is 0 Å². The molecule has 3 unspecified atom stereocenters. The van der Waals surface area contributed by atoms with Gasteiger partial charge in [-0.2, -0.15) is 0 Å². The molecule has 1 aliphatic heterocycles. The highest BCUT2D eigenvalue weighted by atomic mass is 16.5. The Balaban J connectivity index is 0.000000651. The Morgan fingerprint density at radius 3 is 2.26 bits per heavy atom.